The van der Waals surface area contributed by atoms with Gasteiger partial charge in [-0.2, -0.15) is 26.3 Å². The zero-order valence-electron chi connectivity index (χ0n) is 20.2. The Morgan fingerprint density at radius 1 is 1.22 bits per heavy atom. The molecular weight excluding hydrogens is 543 g/mol. The lowest BCUT2D eigenvalue weighted by atomic mass is 10.2. The smallest absolute Gasteiger partial charge is 0.422 e. The van der Waals surface area contributed by atoms with Crippen LogP contribution < -0.4 is 18.9 Å². The maximum atomic E-state index is 12.9. The zero-order chi connectivity index (χ0) is 27.6. The summed E-state index contributed by atoms with van der Waals surface area (Å²) < 4.78 is 88.0. The van der Waals surface area contributed by atoms with Gasteiger partial charge in [-0.05, 0) is 31.5 Å². The second kappa shape index (κ2) is 13.7. The van der Waals surface area contributed by atoms with Gasteiger partial charge < -0.3 is 18.9 Å². The Balaban J connectivity index is 2.20. The molecular formula is C22H27ClF3N3O7S. The van der Waals surface area contributed by atoms with E-state index in [1.54, 1.807) is 11.6 Å². The number of rotatable bonds is 13. The number of nitrogens with zero attached hydrogens (tertiary/aromatic N) is 1. The molecule has 2 N–H and O–H groups in total. The molecule has 2 rings (SSSR count). The number of methoxy groups -OCH3 is 1. The predicted octanol–water partition coefficient (Wildman–Crippen LogP) is 4.82. The van der Waals surface area contributed by atoms with E-state index >= 15 is 0 Å². The summed E-state index contributed by atoms with van der Waals surface area (Å²) in [6.07, 6.45) is -4.05. The monoisotopic (exact) mass is 569 g/mol. The van der Waals surface area contributed by atoms with Crippen molar-refractivity contribution in [2.45, 2.75) is 45.5 Å². The molecule has 0 bridgehead atoms. The highest BCUT2D eigenvalue weighted by Gasteiger charge is 2.32. The van der Waals surface area contributed by atoms with E-state index in [-0.39, 0.29) is 30.4 Å². The van der Waals surface area contributed by atoms with E-state index in [9.17, 15) is 26.4 Å². The highest BCUT2D eigenvalue weighted by molar-refractivity contribution is 7.88. The fraction of sp³-hybridized carbons (Fsp3) is 0.455. The van der Waals surface area contributed by atoms with Crippen LogP contribution in [0.1, 0.15) is 37.8 Å². The first-order valence-corrected chi connectivity index (χ1v) is 12.8. The van der Waals surface area contributed by atoms with Crippen LogP contribution in [-0.2, 0) is 32.5 Å². The lowest BCUT2D eigenvalue weighted by Gasteiger charge is -2.16. The number of alkyl halides is 3. The first kappa shape index (κ1) is 30.4. The number of amides is 1. The highest BCUT2D eigenvalue weighted by atomic mass is 35.5. The number of carbonyl (C=O) groups is 1. The summed E-state index contributed by atoms with van der Waals surface area (Å²) in [7, 11) is -2.68. The van der Waals surface area contributed by atoms with Crippen LogP contribution in [0.5, 0.6) is 17.4 Å². The van der Waals surface area contributed by atoms with Crippen LogP contribution in [0.25, 0.3) is 0 Å². The summed E-state index contributed by atoms with van der Waals surface area (Å²) >= 11 is 5.94. The maximum Gasteiger partial charge on any atom is 0.422 e. The third-order valence-corrected chi connectivity index (χ3v) is 6.01. The van der Waals surface area contributed by atoms with Gasteiger partial charge in [0.15, 0.2) is 0 Å². The minimum Gasteiger partial charge on any atom is -0.491 e. The Bertz CT molecular complexity index is 1170. The predicted molar refractivity (Wildman–Crippen MR) is 128 cm³/mol. The number of hydrogen-bond acceptors (Lipinski definition) is 8. The summed E-state index contributed by atoms with van der Waals surface area (Å²) in [5.41, 5.74) is -0.846. The number of pyridine rings is 1. The molecule has 10 nitrogen and oxygen atoms in total. The normalized spacial score (nSPS) is 12.6. The fourth-order valence-corrected chi connectivity index (χ4v) is 4.10. The molecule has 0 aliphatic heterocycles. The molecule has 1 unspecified atom stereocenters. The van der Waals surface area contributed by atoms with Crippen LogP contribution in [0.2, 0.25) is 5.02 Å². The van der Waals surface area contributed by atoms with Crippen LogP contribution in [0.15, 0.2) is 30.5 Å². The quantitative estimate of drug-likeness (QED) is 0.329. The van der Waals surface area contributed by atoms with Gasteiger partial charge in [0.25, 0.3) is 0 Å². The van der Waals surface area contributed by atoms with E-state index in [0.717, 1.165) is 6.42 Å². The Hall–Kier alpha value is -2.81. The van der Waals surface area contributed by atoms with Gasteiger partial charge in [0.1, 0.15) is 29.7 Å². The second-order valence-electron chi connectivity index (χ2n) is 7.71. The Morgan fingerprint density at radius 3 is 2.57 bits per heavy atom. The average Bonchev–Trinajstić information content (AvgIpc) is 2.78. The molecule has 0 spiro atoms. The van der Waals surface area contributed by atoms with E-state index < -0.39 is 45.7 Å². The molecule has 1 aromatic carbocycles. The van der Waals surface area contributed by atoms with Crippen molar-refractivity contribution in [1.82, 2.24) is 14.4 Å². The molecule has 1 amide bonds. The number of halogens is 4. The van der Waals surface area contributed by atoms with Crippen molar-refractivity contribution in [2.24, 2.45) is 0 Å². The molecule has 0 saturated carbocycles. The molecule has 0 fully saturated rings. The molecule has 2 aromatic rings. The van der Waals surface area contributed by atoms with Gasteiger partial charge in [0.2, 0.25) is 5.88 Å². The molecule has 0 aliphatic rings. The van der Waals surface area contributed by atoms with Crippen molar-refractivity contribution in [3.05, 3.63) is 46.6 Å². The topological polar surface area (TPSA) is 125 Å². The first-order chi connectivity index (χ1) is 17.3. The molecule has 0 aliphatic carbocycles. The summed E-state index contributed by atoms with van der Waals surface area (Å²) in [6, 6.07) is 4.61. The number of benzene rings is 1. The van der Waals surface area contributed by atoms with Crippen molar-refractivity contribution in [2.75, 3.05) is 20.3 Å². The Labute approximate surface area is 217 Å². The van der Waals surface area contributed by atoms with Crippen LogP contribution in [0, 0.1) is 0 Å². The van der Waals surface area contributed by atoms with Crippen LogP contribution in [-0.4, -0.2) is 45.9 Å². The van der Waals surface area contributed by atoms with E-state index in [4.69, 9.17) is 30.5 Å². The SMILES string of the molecule is CCCC(C)NS(=O)(=O)NC(=O)OCc1ccc(OCCOC)cc1Oc1ncc(C(F)(F)F)cc1Cl. The summed E-state index contributed by atoms with van der Waals surface area (Å²) in [6.45, 7) is 3.54. The number of hydrogen-bond donors (Lipinski definition) is 2. The van der Waals surface area contributed by atoms with Crippen LogP contribution in [0.3, 0.4) is 0 Å². The number of nitrogens with one attached hydrogen (secondary N) is 2. The molecule has 1 atom stereocenters. The van der Waals surface area contributed by atoms with Crippen molar-refractivity contribution >= 4 is 27.9 Å². The molecule has 37 heavy (non-hydrogen) atoms. The van der Waals surface area contributed by atoms with Crippen molar-refractivity contribution in [3.63, 3.8) is 0 Å². The summed E-state index contributed by atoms with van der Waals surface area (Å²) in [4.78, 5) is 15.7. The van der Waals surface area contributed by atoms with Crippen molar-refractivity contribution in [1.29, 1.82) is 0 Å². The molecule has 0 saturated heterocycles. The average molecular weight is 570 g/mol. The Kier molecular flexibility index (Phi) is 11.2. The van der Waals surface area contributed by atoms with E-state index in [1.165, 1.54) is 25.3 Å². The lowest BCUT2D eigenvalue weighted by Crippen LogP contribution is -2.44. The van der Waals surface area contributed by atoms with E-state index in [1.807, 2.05) is 6.92 Å². The standard InChI is InChI=1S/C22H27ClF3N3O7S/c1-4-5-14(2)28-37(31,32)29-21(30)35-13-15-6-7-17(34-9-8-33-3)11-19(15)36-20-18(23)10-16(12-27-20)22(24,25)26/h6-7,10-12,14,28H,4-5,8-9,13H2,1-3H3,(H,29,30). The first-order valence-electron chi connectivity index (χ1n) is 11.0. The zero-order valence-corrected chi connectivity index (χ0v) is 21.8. The third-order valence-electron chi connectivity index (χ3n) is 4.59. The van der Waals surface area contributed by atoms with E-state index in [0.29, 0.717) is 24.4 Å². The minimum absolute atomic E-state index is 0.00516. The van der Waals surface area contributed by atoms with Crippen molar-refractivity contribution in [3.8, 4) is 17.4 Å². The number of aromatic nitrogens is 1. The van der Waals surface area contributed by atoms with Gasteiger partial charge >= 0.3 is 22.5 Å². The molecule has 15 heteroatoms. The fourth-order valence-electron chi connectivity index (χ4n) is 2.91. The van der Waals surface area contributed by atoms with Gasteiger partial charge in [0.05, 0.1) is 12.2 Å². The van der Waals surface area contributed by atoms with Gasteiger partial charge in [-0.3, -0.25) is 0 Å². The lowest BCUT2D eigenvalue weighted by molar-refractivity contribution is -0.137. The second-order valence-corrected chi connectivity index (χ2v) is 9.56. The van der Waals surface area contributed by atoms with Crippen LogP contribution >= 0.6 is 11.6 Å². The summed E-state index contributed by atoms with van der Waals surface area (Å²) in [5.74, 6) is -0.0412. The number of carbonyl (C=O) groups excluding carboxylic acids is 1. The van der Waals surface area contributed by atoms with Gasteiger partial charge in [-0.25, -0.2) is 14.5 Å². The molecule has 1 heterocycles. The molecule has 206 valence electrons. The van der Waals surface area contributed by atoms with E-state index in [2.05, 4.69) is 9.71 Å². The van der Waals surface area contributed by atoms with Crippen molar-refractivity contribution < 1.29 is 45.3 Å². The molecule has 1 aromatic heterocycles. The van der Waals surface area contributed by atoms with Gasteiger partial charge in [-0.15, -0.1) is 0 Å². The highest BCUT2D eigenvalue weighted by Crippen LogP contribution is 2.36. The maximum absolute atomic E-state index is 12.9. The number of ether oxygens (including phenoxy) is 4. The van der Waals surface area contributed by atoms with Gasteiger partial charge in [-0.1, -0.05) is 24.9 Å². The molecule has 0 radical (unpaired) electrons. The largest absolute Gasteiger partial charge is 0.491 e. The minimum atomic E-state index is -4.65. The third kappa shape index (κ3) is 10.2. The van der Waals surface area contributed by atoms with Gasteiger partial charge in [0, 0.05) is 31.0 Å². The van der Waals surface area contributed by atoms with Crippen LogP contribution in [0.4, 0.5) is 18.0 Å². The Morgan fingerprint density at radius 2 is 1.95 bits per heavy atom. The summed E-state index contributed by atoms with van der Waals surface area (Å²) in [5, 5.41) is -0.413.